The Kier molecular flexibility index (Phi) is 4.54. The van der Waals surface area contributed by atoms with Crippen LogP contribution in [0.2, 0.25) is 0 Å². The summed E-state index contributed by atoms with van der Waals surface area (Å²) in [5.41, 5.74) is 4.02. The number of pyridine rings is 2. The zero-order valence-corrected chi connectivity index (χ0v) is 18.0. The summed E-state index contributed by atoms with van der Waals surface area (Å²) in [6, 6.07) is 17.0. The number of rotatable bonds is 4. The van der Waals surface area contributed by atoms with Gasteiger partial charge in [-0.1, -0.05) is 25.1 Å². The van der Waals surface area contributed by atoms with Gasteiger partial charge in [-0.15, -0.1) is 0 Å². The number of nitrogens with zero attached hydrogens (tertiary/aromatic N) is 4. The number of fused-ring (bicyclic) bond motifs is 2. The van der Waals surface area contributed by atoms with Crippen molar-refractivity contribution >= 4 is 16.9 Å². The van der Waals surface area contributed by atoms with Gasteiger partial charge >= 0.3 is 0 Å². The third-order valence-electron chi connectivity index (χ3n) is 6.11. The van der Waals surface area contributed by atoms with Gasteiger partial charge in [0.25, 0.3) is 0 Å². The maximum Gasteiger partial charge on any atom is 0.226 e. The van der Waals surface area contributed by atoms with E-state index in [1.807, 2.05) is 59.5 Å². The molecule has 5 heterocycles. The van der Waals surface area contributed by atoms with Crippen molar-refractivity contribution in [3.63, 3.8) is 0 Å². The quantitative estimate of drug-likeness (QED) is 0.442. The monoisotopic (exact) mass is 435 g/mol. The zero-order valence-electron chi connectivity index (χ0n) is 18.0. The van der Waals surface area contributed by atoms with Crippen molar-refractivity contribution in [2.75, 3.05) is 4.90 Å². The lowest BCUT2D eigenvalue weighted by Crippen LogP contribution is -2.24. The minimum absolute atomic E-state index is 0.0271. The molecule has 1 atom stereocenters. The molecule has 7 heteroatoms. The second kappa shape index (κ2) is 7.70. The molecule has 1 aromatic carbocycles. The fourth-order valence-corrected chi connectivity index (χ4v) is 4.45. The number of aryl methyl sites for hydroxylation is 1. The van der Waals surface area contributed by atoms with Crippen LogP contribution < -0.4 is 10.3 Å². The van der Waals surface area contributed by atoms with Crippen LogP contribution in [-0.2, 0) is 13.0 Å². The van der Waals surface area contributed by atoms with Crippen molar-refractivity contribution in [3.05, 3.63) is 106 Å². The number of aromatic amines is 1. The SMILES string of the molecule is CCc1ccc([C@@H]2c3[nH]c4ccccc4c(=O)c3CN2c2ncc(-c3ccccn3)cn2)o1. The van der Waals surface area contributed by atoms with E-state index in [2.05, 4.69) is 26.9 Å². The van der Waals surface area contributed by atoms with E-state index in [4.69, 9.17) is 4.42 Å². The molecule has 0 spiro atoms. The van der Waals surface area contributed by atoms with Crippen LogP contribution in [0.15, 0.2) is 82.4 Å². The average Bonchev–Trinajstić information content (AvgIpc) is 3.49. The van der Waals surface area contributed by atoms with Gasteiger partial charge < -0.3 is 14.3 Å². The maximum atomic E-state index is 13.3. The van der Waals surface area contributed by atoms with Crippen LogP contribution in [0.1, 0.15) is 35.7 Å². The first-order valence-corrected chi connectivity index (χ1v) is 11.0. The minimum Gasteiger partial charge on any atom is -0.463 e. The molecule has 1 aliphatic rings. The number of furan rings is 1. The Bertz CT molecular complexity index is 1510. The predicted octanol–water partition coefficient (Wildman–Crippen LogP) is 4.65. The second-order valence-corrected chi connectivity index (χ2v) is 8.07. The molecule has 5 aromatic rings. The van der Waals surface area contributed by atoms with Gasteiger partial charge in [-0.25, -0.2) is 9.97 Å². The molecule has 0 fully saturated rings. The van der Waals surface area contributed by atoms with Gasteiger partial charge in [-0.05, 0) is 36.4 Å². The molecule has 0 radical (unpaired) electrons. The van der Waals surface area contributed by atoms with Gasteiger partial charge in [0.05, 0.1) is 17.9 Å². The van der Waals surface area contributed by atoms with E-state index < -0.39 is 0 Å². The minimum atomic E-state index is -0.321. The highest BCUT2D eigenvalue weighted by Gasteiger charge is 2.38. The lowest BCUT2D eigenvalue weighted by molar-refractivity contribution is 0.446. The molecule has 0 amide bonds. The molecule has 0 aliphatic carbocycles. The fourth-order valence-electron chi connectivity index (χ4n) is 4.45. The third kappa shape index (κ3) is 3.20. The number of aromatic nitrogens is 4. The van der Waals surface area contributed by atoms with Crippen molar-refractivity contribution in [2.45, 2.75) is 25.9 Å². The number of hydrogen-bond acceptors (Lipinski definition) is 6. The van der Waals surface area contributed by atoms with Gasteiger partial charge in [-0.3, -0.25) is 9.78 Å². The van der Waals surface area contributed by atoms with Crippen molar-refractivity contribution in [1.29, 1.82) is 0 Å². The van der Waals surface area contributed by atoms with E-state index >= 15 is 0 Å². The molecular weight excluding hydrogens is 414 g/mol. The van der Waals surface area contributed by atoms with Gasteiger partial charge in [-0.2, -0.15) is 0 Å². The van der Waals surface area contributed by atoms with Gasteiger partial charge in [0, 0.05) is 47.0 Å². The lowest BCUT2D eigenvalue weighted by Gasteiger charge is -2.23. The van der Waals surface area contributed by atoms with Gasteiger partial charge in [0.15, 0.2) is 5.43 Å². The molecule has 6 rings (SSSR count). The normalized spacial score (nSPS) is 15.2. The highest BCUT2D eigenvalue weighted by atomic mass is 16.3. The molecule has 162 valence electrons. The molecule has 0 unspecified atom stereocenters. The number of anilines is 1. The lowest BCUT2D eigenvalue weighted by atomic mass is 10.1. The Labute approximate surface area is 189 Å². The van der Waals surface area contributed by atoms with Crippen molar-refractivity contribution < 1.29 is 4.42 Å². The van der Waals surface area contributed by atoms with Gasteiger partial charge in [0.1, 0.15) is 17.6 Å². The molecule has 4 aromatic heterocycles. The van der Waals surface area contributed by atoms with Crippen LogP contribution in [0.3, 0.4) is 0 Å². The second-order valence-electron chi connectivity index (χ2n) is 8.07. The van der Waals surface area contributed by atoms with Crippen LogP contribution >= 0.6 is 0 Å². The third-order valence-corrected chi connectivity index (χ3v) is 6.11. The molecule has 1 aliphatic heterocycles. The summed E-state index contributed by atoms with van der Waals surface area (Å²) in [4.78, 5) is 32.5. The van der Waals surface area contributed by atoms with Crippen LogP contribution in [0.4, 0.5) is 5.95 Å². The Morgan fingerprint density at radius 1 is 1.03 bits per heavy atom. The molecule has 0 saturated carbocycles. The van der Waals surface area contributed by atoms with Crippen LogP contribution in [-0.4, -0.2) is 19.9 Å². The summed E-state index contributed by atoms with van der Waals surface area (Å²) in [6.45, 7) is 2.45. The zero-order chi connectivity index (χ0) is 22.4. The summed E-state index contributed by atoms with van der Waals surface area (Å²) in [5.74, 6) is 2.18. The number of nitrogens with one attached hydrogen (secondary N) is 1. The predicted molar refractivity (Wildman–Crippen MR) is 126 cm³/mol. The summed E-state index contributed by atoms with van der Waals surface area (Å²) in [7, 11) is 0. The summed E-state index contributed by atoms with van der Waals surface area (Å²) < 4.78 is 6.14. The van der Waals surface area contributed by atoms with E-state index in [1.165, 1.54) is 0 Å². The molecule has 1 N–H and O–H groups in total. The smallest absolute Gasteiger partial charge is 0.226 e. The first-order valence-electron chi connectivity index (χ1n) is 11.0. The Hall–Kier alpha value is -4.26. The number of H-pyrrole nitrogens is 1. The summed E-state index contributed by atoms with van der Waals surface area (Å²) >= 11 is 0. The van der Waals surface area contributed by atoms with Crippen molar-refractivity contribution in [2.24, 2.45) is 0 Å². The molecule has 0 saturated heterocycles. The Morgan fingerprint density at radius 3 is 2.61 bits per heavy atom. The highest BCUT2D eigenvalue weighted by Crippen LogP contribution is 2.39. The number of hydrogen-bond donors (Lipinski definition) is 1. The van der Waals surface area contributed by atoms with Crippen LogP contribution in [0.5, 0.6) is 0 Å². The standard InChI is InChI=1S/C26H21N5O2/c1-2-17-10-11-22(33-17)24-23-19(25(32)18-7-3-4-9-21(18)30-23)15-31(24)26-28-13-16(14-29-26)20-8-5-6-12-27-20/h3-14,24H,2,15H2,1H3,(H,30,32)/t24-/m1/s1. The van der Waals surface area contributed by atoms with E-state index in [1.54, 1.807) is 18.6 Å². The average molecular weight is 435 g/mol. The molecule has 7 nitrogen and oxygen atoms in total. The van der Waals surface area contributed by atoms with E-state index in [0.29, 0.717) is 23.4 Å². The first-order chi connectivity index (χ1) is 16.2. The van der Waals surface area contributed by atoms with E-state index in [0.717, 1.165) is 40.4 Å². The van der Waals surface area contributed by atoms with Crippen molar-refractivity contribution in [3.8, 4) is 11.3 Å². The molecule has 33 heavy (non-hydrogen) atoms. The molecule has 0 bridgehead atoms. The fraction of sp³-hybridized carbons (Fsp3) is 0.154. The van der Waals surface area contributed by atoms with Crippen LogP contribution in [0, 0.1) is 0 Å². The molecular formula is C26H21N5O2. The summed E-state index contributed by atoms with van der Waals surface area (Å²) in [5, 5.41) is 0.678. The largest absolute Gasteiger partial charge is 0.463 e. The van der Waals surface area contributed by atoms with Crippen LogP contribution in [0.25, 0.3) is 22.2 Å². The van der Waals surface area contributed by atoms with Gasteiger partial charge in [0.2, 0.25) is 5.95 Å². The van der Waals surface area contributed by atoms with E-state index in [-0.39, 0.29) is 11.5 Å². The topological polar surface area (TPSA) is 87.9 Å². The number of benzene rings is 1. The maximum absolute atomic E-state index is 13.3. The van der Waals surface area contributed by atoms with Crippen molar-refractivity contribution in [1.82, 2.24) is 19.9 Å². The van der Waals surface area contributed by atoms with E-state index in [9.17, 15) is 4.79 Å². The Balaban J connectivity index is 1.48. The number of para-hydroxylation sites is 1. The Morgan fingerprint density at radius 2 is 1.85 bits per heavy atom. The first kappa shape index (κ1) is 19.4. The summed E-state index contributed by atoms with van der Waals surface area (Å²) in [6.07, 6.45) is 6.07. The highest BCUT2D eigenvalue weighted by molar-refractivity contribution is 5.80.